The summed E-state index contributed by atoms with van der Waals surface area (Å²) < 4.78 is 15.0. The van der Waals surface area contributed by atoms with Gasteiger partial charge in [-0.3, -0.25) is 4.79 Å². The number of hydrogen-bond acceptors (Lipinski definition) is 7. The third-order valence-corrected chi connectivity index (χ3v) is 5.30. The predicted octanol–water partition coefficient (Wildman–Crippen LogP) is 3.65. The predicted molar refractivity (Wildman–Crippen MR) is 106 cm³/mol. The Morgan fingerprint density at radius 1 is 1.25 bits per heavy atom. The Kier molecular flexibility index (Phi) is 4.84. The van der Waals surface area contributed by atoms with Crippen LogP contribution >= 0.6 is 22.9 Å². The van der Waals surface area contributed by atoms with Gasteiger partial charge in [0.2, 0.25) is 0 Å². The number of nitrogens with zero attached hydrogens (tertiary/aromatic N) is 4. The minimum Gasteiger partial charge on any atom is -0.364 e. The largest absolute Gasteiger partial charge is 0.364 e. The van der Waals surface area contributed by atoms with E-state index in [0.717, 1.165) is 4.70 Å². The number of nitrogens with one attached hydrogen (secondary N) is 1. The molecule has 0 saturated carbocycles. The van der Waals surface area contributed by atoms with E-state index in [4.69, 9.17) is 17.3 Å². The minimum absolute atomic E-state index is 0.132. The molecule has 4 rings (SSSR count). The van der Waals surface area contributed by atoms with Gasteiger partial charge >= 0.3 is 0 Å². The first-order valence-corrected chi connectivity index (χ1v) is 9.27. The Hall–Kier alpha value is -3.17. The molecule has 140 valence electrons. The van der Waals surface area contributed by atoms with Gasteiger partial charge in [0.15, 0.2) is 0 Å². The van der Waals surface area contributed by atoms with Crippen LogP contribution in [0.5, 0.6) is 0 Å². The Labute approximate surface area is 167 Å². The van der Waals surface area contributed by atoms with E-state index in [1.54, 1.807) is 24.4 Å². The van der Waals surface area contributed by atoms with Gasteiger partial charge in [-0.05, 0) is 24.3 Å². The highest BCUT2D eigenvalue weighted by Gasteiger charge is 2.16. The fraction of sp³-hybridized carbons (Fsp3) is 0.0556. The maximum atomic E-state index is 14.2. The molecule has 0 fully saturated rings. The number of primary amides is 1. The standard InChI is InChI=1S/C18H12ClFN6OS/c19-10-2-1-3-11(20)14(10)18-26-12-4-5-22-17(15(12)28-18)23-7-9-6-13(16(21)27)25-8-24-9/h1-6,8H,7H2,(H2,21,27)(H,22,23). The molecule has 1 aromatic carbocycles. The molecule has 0 aliphatic rings. The highest BCUT2D eigenvalue weighted by Crippen LogP contribution is 2.38. The van der Waals surface area contributed by atoms with Crippen LogP contribution in [-0.4, -0.2) is 25.8 Å². The van der Waals surface area contributed by atoms with E-state index >= 15 is 0 Å². The summed E-state index contributed by atoms with van der Waals surface area (Å²) in [6.45, 7) is 0.294. The number of fused-ring (bicyclic) bond motifs is 1. The highest BCUT2D eigenvalue weighted by atomic mass is 35.5. The van der Waals surface area contributed by atoms with Crippen LogP contribution in [0.25, 0.3) is 20.8 Å². The molecule has 3 aromatic heterocycles. The number of thiazole rings is 1. The van der Waals surface area contributed by atoms with Gasteiger partial charge in [-0.1, -0.05) is 17.7 Å². The number of halogens is 2. The number of rotatable bonds is 5. The third kappa shape index (κ3) is 3.49. The van der Waals surface area contributed by atoms with Crippen molar-refractivity contribution in [2.45, 2.75) is 6.54 Å². The SMILES string of the molecule is NC(=O)c1cc(CNc2nccc3nc(-c4c(F)cccc4Cl)sc23)ncn1. The third-order valence-electron chi connectivity index (χ3n) is 3.89. The molecule has 3 N–H and O–H groups in total. The van der Waals surface area contributed by atoms with Gasteiger partial charge in [0.1, 0.15) is 28.7 Å². The molecule has 1 amide bonds. The normalized spacial score (nSPS) is 10.9. The fourth-order valence-corrected chi connectivity index (χ4v) is 3.99. The van der Waals surface area contributed by atoms with Crippen molar-refractivity contribution in [2.75, 3.05) is 5.32 Å². The van der Waals surface area contributed by atoms with Crippen molar-refractivity contribution in [3.8, 4) is 10.6 Å². The lowest BCUT2D eigenvalue weighted by atomic mass is 10.2. The van der Waals surface area contributed by atoms with Crippen molar-refractivity contribution < 1.29 is 9.18 Å². The molecule has 28 heavy (non-hydrogen) atoms. The van der Waals surface area contributed by atoms with E-state index in [2.05, 4.69) is 25.3 Å². The lowest BCUT2D eigenvalue weighted by molar-refractivity contribution is 0.0995. The maximum absolute atomic E-state index is 14.2. The number of anilines is 1. The van der Waals surface area contributed by atoms with Crippen LogP contribution in [-0.2, 0) is 6.54 Å². The first-order valence-electron chi connectivity index (χ1n) is 8.07. The van der Waals surface area contributed by atoms with Crippen LogP contribution in [0.3, 0.4) is 0 Å². The molecular formula is C18H12ClFN6OS. The van der Waals surface area contributed by atoms with Gasteiger partial charge in [-0.2, -0.15) is 0 Å². The first kappa shape index (κ1) is 18.2. The number of carbonyl (C=O) groups is 1. The molecule has 3 heterocycles. The second-order valence-electron chi connectivity index (χ2n) is 5.74. The molecule has 0 radical (unpaired) electrons. The van der Waals surface area contributed by atoms with Crippen molar-refractivity contribution in [2.24, 2.45) is 5.73 Å². The van der Waals surface area contributed by atoms with Gasteiger partial charge in [-0.25, -0.2) is 24.3 Å². The van der Waals surface area contributed by atoms with E-state index < -0.39 is 11.7 Å². The second kappa shape index (κ2) is 7.45. The van der Waals surface area contributed by atoms with E-state index in [0.29, 0.717) is 33.6 Å². The average molecular weight is 415 g/mol. The Balaban J connectivity index is 1.66. The van der Waals surface area contributed by atoms with Crippen LogP contribution in [0.15, 0.2) is 42.9 Å². The number of pyridine rings is 1. The molecule has 0 atom stereocenters. The number of aromatic nitrogens is 4. The number of nitrogens with two attached hydrogens (primary N) is 1. The van der Waals surface area contributed by atoms with E-state index in [9.17, 15) is 9.18 Å². The zero-order chi connectivity index (χ0) is 19.7. The van der Waals surface area contributed by atoms with Crippen LogP contribution in [0.4, 0.5) is 10.2 Å². The van der Waals surface area contributed by atoms with Crippen molar-refractivity contribution in [3.05, 3.63) is 65.1 Å². The van der Waals surface area contributed by atoms with Gasteiger partial charge < -0.3 is 11.1 Å². The summed E-state index contributed by atoms with van der Waals surface area (Å²) in [7, 11) is 0. The first-order chi connectivity index (χ1) is 13.5. The highest BCUT2D eigenvalue weighted by molar-refractivity contribution is 7.22. The van der Waals surface area contributed by atoms with E-state index in [1.165, 1.54) is 29.8 Å². The summed E-state index contributed by atoms with van der Waals surface area (Å²) in [4.78, 5) is 28.0. The average Bonchev–Trinajstić information content (AvgIpc) is 3.10. The van der Waals surface area contributed by atoms with Gasteiger partial charge in [0.05, 0.1) is 33.0 Å². The van der Waals surface area contributed by atoms with Gasteiger partial charge in [0, 0.05) is 6.20 Å². The summed E-state index contributed by atoms with van der Waals surface area (Å²) in [6.07, 6.45) is 2.88. The smallest absolute Gasteiger partial charge is 0.267 e. The van der Waals surface area contributed by atoms with Crippen LogP contribution in [0, 0.1) is 5.82 Å². The zero-order valence-electron chi connectivity index (χ0n) is 14.2. The molecule has 0 saturated heterocycles. The van der Waals surface area contributed by atoms with Crippen LogP contribution < -0.4 is 11.1 Å². The Morgan fingerprint density at radius 3 is 2.89 bits per heavy atom. The minimum atomic E-state index is -0.627. The van der Waals surface area contributed by atoms with Crippen molar-refractivity contribution in [3.63, 3.8) is 0 Å². The lowest BCUT2D eigenvalue weighted by Gasteiger charge is -2.06. The molecule has 10 heteroatoms. The summed E-state index contributed by atoms with van der Waals surface area (Å²) in [5.41, 5.74) is 6.87. The van der Waals surface area contributed by atoms with Crippen LogP contribution in [0.2, 0.25) is 5.02 Å². The maximum Gasteiger partial charge on any atom is 0.267 e. The monoisotopic (exact) mass is 414 g/mol. The van der Waals surface area contributed by atoms with E-state index in [1.807, 2.05) is 0 Å². The van der Waals surface area contributed by atoms with Crippen molar-refractivity contribution in [1.29, 1.82) is 0 Å². The molecule has 0 aliphatic heterocycles. The summed E-state index contributed by atoms with van der Waals surface area (Å²) in [6, 6.07) is 7.76. The number of benzene rings is 1. The number of carbonyl (C=O) groups excluding carboxylic acids is 1. The lowest BCUT2D eigenvalue weighted by Crippen LogP contribution is -2.14. The van der Waals surface area contributed by atoms with E-state index in [-0.39, 0.29) is 11.3 Å². The molecule has 0 unspecified atom stereocenters. The second-order valence-corrected chi connectivity index (χ2v) is 7.14. The fourth-order valence-electron chi connectivity index (χ4n) is 2.59. The topological polar surface area (TPSA) is 107 Å². The molecule has 0 bridgehead atoms. The molecule has 0 spiro atoms. The molecule has 0 aliphatic carbocycles. The quantitative estimate of drug-likeness (QED) is 0.516. The zero-order valence-corrected chi connectivity index (χ0v) is 15.8. The summed E-state index contributed by atoms with van der Waals surface area (Å²) >= 11 is 7.44. The van der Waals surface area contributed by atoms with Crippen molar-refractivity contribution in [1.82, 2.24) is 19.9 Å². The Morgan fingerprint density at radius 2 is 2.11 bits per heavy atom. The number of amides is 1. The Bertz CT molecular complexity index is 1180. The van der Waals surface area contributed by atoms with Crippen molar-refractivity contribution >= 4 is 44.9 Å². The summed E-state index contributed by atoms with van der Waals surface area (Å²) in [5, 5.41) is 3.91. The van der Waals surface area contributed by atoms with Gasteiger partial charge in [0.25, 0.3) is 5.91 Å². The molecule has 4 aromatic rings. The van der Waals surface area contributed by atoms with Crippen LogP contribution in [0.1, 0.15) is 16.2 Å². The molecule has 7 nitrogen and oxygen atoms in total. The molecular weight excluding hydrogens is 403 g/mol. The number of hydrogen-bond donors (Lipinski definition) is 2. The summed E-state index contributed by atoms with van der Waals surface area (Å²) in [5.74, 6) is -0.500. The van der Waals surface area contributed by atoms with Gasteiger partial charge in [-0.15, -0.1) is 11.3 Å².